The van der Waals surface area contributed by atoms with Gasteiger partial charge in [-0.1, -0.05) is 0 Å². The average molecular weight is 303 g/mol. The number of hydrogen-bond acceptors (Lipinski definition) is 5. The van der Waals surface area contributed by atoms with Crippen LogP contribution in [-0.4, -0.2) is 50.8 Å². The standard InChI is InChI=1S/C15H21N5O2/c1-15(2,10-21)18-14(22)11-9-16-20-8-5-12(17-13(11)20)19-6-3-4-7-19/h5,8-9,21H,3-4,6-7,10H2,1-2H3,(H,18,22). The summed E-state index contributed by atoms with van der Waals surface area (Å²) in [6, 6.07) is 1.92. The molecule has 0 bridgehead atoms. The molecule has 2 aromatic rings. The molecule has 0 saturated carbocycles. The Morgan fingerprint density at radius 1 is 1.41 bits per heavy atom. The lowest BCUT2D eigenvalue weighted by molar-refractivity contribution is 0.0871. The van der Waals surface area contributed by atoms with E-state index in [1.54, 1.807) is 18.4 Å². The topological polar surface area (TPSA) is 82.8 Å². The molecule has 22 heavy (non-hydrogen) atoms. The Hall–Kier alpha value is -2.15. The number of amides is 1. The van der Waals surface area contributed by atoms with Gasteiger partial charge in [-0.25, -0.2) is 9.50 Å². The molecule has 2 aromatic heterocycles. The summed E-state index contributed by atoms with van der Waals surface area (Å²) in [5, 5.41) is 16.3. The molecule has 3 rings (SSSR count). The zero-order chi connectivity index (χ0) is 15.7. The number of aliphatic hydroxyl groups excluding tert-OH is 1. The van der Waals surface area contributed by atoms with Gasteiger partial charge in [0.25, 0.3) is 5.91 Å². The summed E-state index contributed by atoms with van der Waals surface area (Å²) in [5.74, 6) is 0.598. The van der Waals surface area contributed by atoms with Crippen LogP contribution in [0.3, 0.4) is 0 Å². The maximum Gasteiger partial charge on any atom is 0.257 e. The summed E-state index contributed by atoms with van der Waals surface area (Å²) in [7, 11) is 0. The zero-order valence-electron chi connectivity index (χ0n) is 12.9. The molecule has 118 valence electrons. The summed E-state index contributed by atoms with van der Waals surface area (Å²) in [6.07, 6.45) is 5.68. The monoisotopic (exact) mass is 303 g/mol. The predicted octanol–water partition coefficient (Wildman–Crippen LogP) is 0.830. The third-order valence-electron chi connectivity index (χ3n) is 3.88. The summed E-state index contributed by atoms with van der Waals surface area (Å²) >= 11 is 0. The predicted molar refractivity (Wildman–Crippen MR) is 83.1 cm³/mol. The first kappa shape index (κ1) is 14.8. The average Bonchev–Trinajstić information content (AvgIpc) is 3.15. The molecule has 0 aromatic carbocycles. The van der Waals surface area contributed by atoms with Crippen LogP contribution >= 0.6 is 0 Å². The van der Waals surface area contributed by atoms with E-state index in [1.807, 2.05) is 12.3 Å². The molecule has 0 unspecified atom stereocenters. The molecule has 0 aliphatic carbocycles. The molecule has 0 radical (unpaired) electrons. The molecule has 1 aliphatic rings. The van der Waals surface area contributed by atoms with Gasteiger partial charge in [0.2, 0.25) is 0 Å². The van der Waals surface area contributed by atoms with Gasteiger partial charge in [0.15, 0.2) is 5.65 Å². The lowest BCUT2D eigenvalue weighted by Crippen LogP contribution is -2.46. The fourth-order valence-corrected chi connectivity index (χ4v) is 2.56. The van der Waals surface area contributed by atoms with Crippen LogP contribution in [0.25, 0.3) is 5.65 Å². The zero-order valence-corrected chi connectivity index (χ0v) is 12.9. The molecule has 7 nitrogen and oxygen atoms in total. The van der Waals surface area contributed by atoms with Crippen molar-refractivity contribution in [2.75, 3.05) is 24.6 Å². The van der Waals surface area contributed by atoms with E-state index in [9.17, 15) is 9.90 Å². The normalized spacial score (nSPS) is 15.5. The van der Waals surface area contributed by atoms with Crippen molar-refractivity contribution in [2.45, 2.75) is 32.2 Å². The van der Waals surface area contributed by atoms with Gasteiger partial charge in [-0.3, -0.25) is 4.79 Å². The van der Waals surface area contributed by atoms with Gasteiger partial charge in [0.05, 0.1) is 18.3 Å². The van der Waals surface area contributed by atoms with Crippen molar-refractivity contribution in [3.05, 3.63) is 24.0 Å². The highest BCUT2D eigenvalue weighted by atomic mass is 16.3. The number of fused-ring (bicyclic) bond motifs is 1. The Bertz CT molecular complexity index is 688. The van der Waals surface area contributed by atoms with Crippen molar-refractivity contribution in [3.63, 3.8) is 0 Å². The minimum absolute atomic E-state index is 0.135. The molecule has 1 saturated heterocycles. The van der Waals surface area contributed by atoms with Gasteiger partial charge < -0.3 is 15.3 Å². The third kappa shape index (κ3) is 2.76. The summed E-state index contributed by atoms with van der Waals surface area (Å²) in [4.78, 5) is 19.2. The van der Waals surface area contributed by atoms with Gasteiger partial charge in [-0.15, -0.1) is 0 Å². The van der Waals surface area contributed by atoms with Crippen molar-refractivity contribution >= 4 is 17.4 Å². The lowest BCUT2D eigenvalue weighted by atomic mass is 10.1. The van der Waals surface area contributed by atoms with E-state index in [0.29, 0.717) is 11.2 Å². The van der Waals surface area contributed by atoms with Crippen LogP contribution in [0.5, 0.6) is 0 Å². The van der Waals surface area contributed by atoms with Crippen LogP contribution < -0.4 is 10.2 Å². The molecular formula is C15H21N5O2. The Balaban J connectivity index is 1.92. The second-order valence-electron chi connectivity index (χ2n) is 6.30. The molecule has 0 spiro atoms. The van der Waals surface area contributed by atoms with Crippen LogP contribution in [0.15, 0.2) is 18.5 Å². The smallest absolute Gasteiger partial charge is 0.257 e. The quantitative estimate of drug-likeness (QED) is 0.874. The van der Waals surface area contributed by atoms with Crippen LogP contribution in [-0.2, 0) is 0 Å². The minimum Gasteiger partial charge on any atom is -0.394 e. The number of aromatic nitrogens is 3. The second kappa shape index (κ2) is 5.57. The van der Waals surface area contributed by atoms with Crippen LogP contribution in [0.2, 0.25) is 0 Å². The van der Waals surface area contributed by atoms with Gasteiger partial charge >= 0.3 is 0 Å². The van der Waals surface area contributed by atoms with Crippen molar-refractivity contribution in [1.82, 2.24) is 19.9 Å². The van der Waals surface area contributed by atoms with Gasteiger partial charge in [-0.2, -0.15) is 5.10 Å². The van der Waals surface area contributed by atoms with E-state index in [-0.39, 0.29) is 12.5 Å². The first-order valence-electron chi connectivity index (χ1n) is 7.53. The Kier molecular flexibility index (Phi) is 3.74. The summed E-state index contributed by atoms with van der Waals surface area (Å²) in [6.45, 7) is 5.39. The van der Waals surface area contributed by atoms with Crippen molar-refractivity contribution in [3.8, 4) is 0 Å². The highest BCUT2D eigenvalue weighted by molar-refractivity contribution is 6.00. The SMILES string of the molecule is CC(C)(CO)NC(=O)c1cnn2ccc(N3CCCC3)nc12. The maximum atomic E-state index is 12.4. The molecule has 3 heterocycles. The molecule has 7 heteroatoms. The second-order valence-corrected chi connectivity index (χ2v) is 6.30. The number of nitrogens with zero attached hydrogens (tertiary/aromatic N) is 4. The van der Waals surface area contributed by atoms with Crippen molar-refractivity contribution < 1.29 is 9.90 Å². The summed E-state index contributed by atoms with van der Waals surface area (Å²) < 4.78 is 1.60. The Morgan fingerprint density at radius 3 is 2.82 bits per heavy atom. The fourth-order valence-electron chi connectivity index (χ4n) is 2.56. The van der Waals surface area contributed by atoms with Gasteiger partial charge in [0.1, 0.15) is 11.4 Å². The number of aliphatic hydroxyl groups is 1. The first-order valence-corrected chi connectivity index (χ1v) is 7.53. The number of rotatable bonds is 4. The molecule has 1 fully saturated rings. The van der Waals surface area contributed by atoms with Crippen molar-refractivity contribution in [2.24, 2.45) is 0 Å². The van der Waals surface area contributed by atoms with Crippen LogP contribution in [0.4, 0.5) is 5.82 Å². The van der Waals surface area contributed by atoms with E-state index in [0.717, 1.165) is 18.9 Å². The highest BCUT2D eigenvalue weighted by Gasteiger charge is 2.23. The Labute approximate surface area is 129 Å². The van der Waals surface area contributed by atoms with Gasteiger partial charge in [0, 0.05) is 19.3 Å². The fraction of sp³-hybridized carbons (Fsp3) is 0.533. The van der Waals surface area contributed by atoms with E-state index in [4.69, 9.17) is 0 Å². The van der Waals surface area contributed by atoms with Crippen LogP contribution in [0.1, 0.15) is 37.0 Å². The van der Waals surface area contributed by atoms with E-state index >= 15 is 0 Å². The Morgan fingerprint density at radius 2 is 2.14 bits per heavy atom. The van der Waals surface area contributed by atoms with Gasteiger partial charge in [-0.05, 0) is 32.8 Å². The molecular weight excluding hydrogens is 282 g/mol. The molecule has 2 N–H and O–H groups in total. The minimum atomic E-state index is -0.683. The molecule has 1 amide bonds. The van der Waals surface area contributed by atoms with E-state index in [1.165, 1.54) is 19.0 Å². The number of carbonyl (C=O) groups excluding carboxylic acids is 1. The number of nitrogens with one attached hydrogen (secondary N) is 1. The van der Waals surface area contributed by atoms with Crippen molar-refractivity contribution in [1.29, 1.82) is 0 Å². The lowest BCUT2D eigenvalue weighted by Gasteiger charge is -2.23. The van der Waals surface area contributed by atoms with Crippen LogP contribution in [0, 0.1) is 0 Å². The number of hydrogen-bond donors (Lipinski definition) is 2. The summed E-state index contributed by atoms with van der Waals surface area (Å²) in [5.41, 5.74) is 0.274. The van der Waals surface area contributed by atoms with E-state index in [2.05, 4.69) is 20.3 Å². The maximum absolute atomic E-state index is 12.4. The van der Waals surface area contributed by atoms with E-state index < -0.39 is 5.54 Å². The molecule has 0 atom stereocenters. The number of anilines is 1. The number of carbonyl (C=O) groups is 1. The largest absolute Gasteiger partial charge is 0.394 e. The first-order chi connectivity index (χ1) is 10.5. The molecule has 1 aliphatic heterocycles. The third-order valence-corrected chi connectivity index (χ3v) is 3.88. The highest BCUT2D eigenvalue weighted by Crippen LogP contribution is 2.19.